The normalized spacial score (nSPS) is 11.3. The Balaban J connectivity index is 1.61. The van der Waals surface area contributed by atoms with Crippen LogP contribution in [0.1, 0.15) is 0 Å². The molecule has 0 aliphatic carbocycles. The zero-order chi connectivity index (χ0) is 21.7. The number of para-hydroxylation sites is 1. The highest BCUT2D eigenvalue weighted by Gasteiger charge is 2.28. The molecule has 0 saturated heterocycles. The van der Waals surface area contributed by atoms with Crippen molar-refractivity contribution in [3.05, 3.63) is 90.7 Å². The average Bonchev–Trinajstić information content (AvgIpc) is 3.24. The molecule has 3 aromatic carbocycles. The van der Waals surface area contributed by atoms with E-state index in [0.717, 1.165) is 12.1 Å². The van der Waals surface area contributed by atoms with E-state index in [1.54, 1.807) is 24.3 Å². The first-order valence-corrected chi connectivity index (χ1v) is 11.0. The summed E-state index contributed by atoms with van der Waals surface area (Å²) < 4.78 is 50.9. The molecular formula is C23H19FN2O4S. The van der Waals surface area contributed by atoms with E-state index in [9.17, 15) is 12.8 Å². The monoisotopic (exact) mass is 438 g/mol. The first kappa shape index (κ1) is 20.6. The average molecular weight is 438 g/mol. The van der Waals surface area contributed by atoms with E-state index in [-0.39, 0.29) is 34.8 Å². The fourth-order valence-corrected chi connectivity index (χ4v) is 4.16. The minimum Gasteiger partial charge on any atom is -0.492 e. The number of nitrogens with one attached hydrogen (secondary N) is 1. The quantitative estimate of drug-likeness (QED) is 0.314. The van der Waals surface area contributed by atoms with Gasteiger partial charge in [-0.15, -0.1) is 0 Å². The van der Waals surface area contributed by atoms with Crippen LogP contribution in [0.15, 0.2) is 99.3 Å². The summed E-state index contributed by atoms with van der Waals surface area (Å²) in [5.41, 5.74) is 0.631. The van der Waals surface area contributed by atoms with Crippen LogP contribution in [0.2, 0.25) is 0 Å². The molecule has 0 spiro atoms. The second-order valence-electron chi connectivity index (χ2n) is 6.56. The molecule has 31 heavy (non-hydrogen) atoms. The van der Waals surface area contributed by atoms with Crippen LogP contribution in [0.25, 0.3) is 11.5 Å². The summed E-state index contributed by atoms with van der Waals surface area (Å²) in [5.74, 6) is 0.332. The highest BCUT2D eigenvalue weighted by Crippen LogP contribution is 2.32. The molecule has 0 saturated carbocycles. The highest BCUT2D eigenvalue weighted by molar-refractivity contribution is 7.91. The molecule has 4 aromatic rings. The molecule has 1 N–H and O–H groups in total. The number of aromatic nitrogens is 1. The minimum absolute atomic E-state index is 0.000148. The molecule has 1 aromatic heterocycles. The van der Waals surface area contributed by atoms with Crippen molar-refractivity contribution in [2.24, 2.45) is 0 Å². The smallest absolute Gasteiger partial charge is 0.234 e. The van der Waals surface area contributed by atoms with Crippen LogP contribution in [0.4, 0.5) is 10.3 Å². The van der Waals surface area contributed by atoms with Gasteiger partial charge < -0.3 is 14.5 Å². The Kier molecular flexibility index (Phi) is 5.99. The molecular weight excluding hydrogens is 419 g/mol. The lowest BCUT2D eigenvalue weighted by molar-refractivity contribution is 0.331. The fourth-order valence-electron chi connectivity index (χ4n) is 2.88. The number of hydrogen-bond acceptors (Lipinski definition) is 6. The first-order valence-electron chi connectivity index (χ1n) is 9.53. The number of rotatable bonds is 8. The van der Waals surface area contributed by atoms with Gasteiger partial charge in [0.1, 0.15) is 18.2 Å². The number of halogens is 1. The maximum atomic E-state index is 13.3. The van der Waals surface area contributed by atoms with Gasteiger partial charge in [-0.3, -0.25) is 0 Å². The van der Waals surface area contributed by atoms with E-state index in [4.69, 9.17) is 9.15 Å². The lowest BCUT2D eigenvalue weighted by atomic mass is 10.2. The predicted molar refractivity (Wildman–Crippen MR) is 114 cm³/mol. The zero-order valence-electron chi connectivity index (χ0n) is 16.4. The summed E-state index contributed by atoms with van der Waals surface area (Å²) in [7, 11) is -4.04. The zero-order valence-corrected chi connectivity index (χ0v) is 17.2. The molecule has 6 nitrogen and oxygen atoms in total. The van der Waals surface area contributed by atoms with E-state index < -0.39 is 15.7 Å². The molecule has 1 heterocycles. The maximum absolute atomic E-state index is 13.3. The van der Waals surface area contributed by atoms with Gasteiger partial charge in [0.15, 0.2) is 0 Å². The van der Waals surface area contributed by atoms with Crippen LogP contribution in [-0.4, -0.2) is 26.6 Å². The second kappa shape index (κ2) is 9.01. The number of oxazole rings is 1. The molecule has 0 amide bonds. The molecule has 0 bridgehead atoms. The largest absolute Gasteiger partial charge is 0.492 e. The van der Waals surface area contributed by atoms with E-state index in [2.05, 4.69) is 10.3 Å². The van der Waals surface area contributed by atoms with Crippen molar-refractivity contribution in [1.82, 2.24) is 4.98 Å². The number of ether oxygens (including phenoxy) is 1. The highest BCUT2D eigenvalue weighted by atomic mass is 32.2. The van der Waals surface area contributed by atoms with Gasteiger partial charge in [0, 0.05) is 5.56 Å². The molecule has 0 unspecified atom stereocenters. The fraction of sp³-hybridized carbons (Fsp3) is 0.0870. The first-order chi connectivity index (χ1) is 15.0. The van der Waals surface area contributed by atoms with Crippen molar-refractivity contribution in [2.75, 3.05) is 18.5 Å². The lowest BCUT2D eigenvalue weighted by Gasteiger charge is -2.08. The number of sulfone groups is 1. The van der Waals surface area contributed by atoms with Gasteiger partial charge >= 0.3 is 0 Å². The van der Waals surface area contributed by atoms with Crippen LogP contribution in [-0.2, 0) is 9.84 Å². The minimum atomic E-state index is -4.04. The summed E-state index contributed by atoms with van der Waals surface area (Å²) in [5, 5.41) is 2.69. The third-order valence-electron chi connectivity index (χ3n) is 4.39. The number of nitrogens with zero attached hydrogens (tertiary/aromatic N) is 1. The van der Waals surface area contributed by atoms with Gasteiger partial charge in [0.05, 0.1) is 11.4 Å². The molecule has 0 radical (unpaired) electrons. The Labute approximate surface area is 179 Å². The molecule has 8 heteroatoms. The second-order valence-corrected chi connectivity index (χ2v) is 8.43. The van der Waals surface area contributed by atoms with Crippen molar-refractivity contribution in [3.63, 3.8) is 0 Å². The number of hydrogen-bond donors (Lipinski definition) is 1. The summed E-state index contributed by atoms with van der Waals surface area (Å²) in [6.45, 7) is 0.561. The standard InChI is InChI=1S/C23H19FN2O4S/c24-18-11-13-20(14-12-18)31(27,28)23-22(25-15-16-29-19-9-5-2-6-10-19)30-21(26-23)17-7-3-1-4-8-17/h1-14,25H,15-16H2. The van der Waals surface area contributed by atoms with Gasteiger partial charge in [0.2, 0.25) is 26.6 Å². The van der Waals surface area contributed by atoms with Crippen LogP contribution < -0.4 is 10.1 Å². The molecule has 158 valence electrons. The van der Waals surface area contributed by atoms with Gasteiger partial charge in [-0.05, 0) is 48.5 Å². The molecule has 0 fully saturated rings. The van der Waals surface area contributed by atoms with Gasteiger partial charge in [-0.1, -0.05) is 36.4 Å². The van der Waals surface area contributed by atoms with Crippen LogP contribution in [0, 0.1) is 5.82 Å². The number of anilines is 1. The van der Waals surface area contributed by atoms with Crippen molar-refractivity contribution < 1.29 is 22.0 Å². The third-order valence-corrected chi connectivity index (χ3v) is 6.07. The molecule has 4 rings (SSSR count). The summed E-state index contributed by atoms with van der Waals surface area (Å²) >= 11 is 0. The van der Waals surface area contributed by atoms with Gasteiger partial charge in [-0.25, -0.2) is 12.8 Å². The number of benzene rings is 3. The summed E-state index contributed by atoms with van der Waals surface area (Å²) in [6, 6.07) is 22.8. The van der Waals surface area contributed by atoms with Crippen molar-refractivity contribution >= 4 is 15.7 Å². The SMILES string of the molecule is O=S(=O)(c1ccc(F)cc1)c1nc(-c2ccccc2)oc1NCCOc1ccccc1. The van der Waals surface area contributed by atoms with E-state index in [0.29, 0.717) is 11.3 Å². The maximum Gasteiger partial charge on any atom is 0.234 e. The van der Waals surface area contributed by atoms with Crippen molar-refractivity contribution in [2.45, 2.75) is 9.92 Å². The van der Waals surface area contributed by atoms with Crippen LogP contribution in [0.5, 0.6) is 5.75 Å². The molecule has 0 aliphatic heterocycles. The Morgan fingerprint density at radius 2 is 1.55 bits per heavy atom. The Hall–Kier alpha value is -3.65. The van der Waals surface area contributed by atoms with Gasteiger partial charge in [0.25, 0.3) is 0 Å². The lowest BCUT2D eigenvalue weighted by Crippen LogP contribution is -2.13. The van der Waals surface area contributed by atoms with E-state index >= 15 is 0 Å². The Morgan fingerprint density at radius 1 is 0.903 bits per heavy atom. The Morgan fingerprint density at radius 3 is 2.23 bits per heavy atom. The predicted octanol–water partition coefficient (Wildman–Crippen LogP) is 4.80. The van der Waals surface area contributed by atoms with Crippen LogP contribution in [0.3, 0.4) is 0 Å². The summed E-state index contributed by atoms with van der Waals surface area (Å²) in [4.78, 5) is 4.16. The van der Waals surface area contributed by atoms with Gasteiger partial charge in [-0.2, -0.15) is 4.98 Å². The Bertz CT molecular complexity index is 1240. The topological polar surface area (TPSA) is 81.4 Å². The van der Waals surface area contributed by atoms with E-state index in [1.165, 1.54) is 12.1 Å². The molecule has 0 atom stereocenters. The van der Waals surface area contributed by atoms with Crippen molar-refractivity contribution in [3.8, 4) is 17.2 Å². The van der Waals surface area contributed by atoms with Crippen LogP contribution >= 0.6 is 0 Å². The van der Waals surface area contributed by atoms with E-state index in [1.807, 2.05) is 36.4 Å². The third kappa shape index (κ3) is 4.75. The van der Waals surface area contributed by atoms with Crippen molar-refractivity contribution in [1.29, 1.82) is 0 Å². The molecule has 0 aliphatic rings. The summed E-state index contributed by atoms with van der Waals surface area (Å²) in [6.07, 6.45) is 0.